The summed E-state index contributed by atoms with van der Waals surface area (Å²) < 4.78 is 3.29. The van der Waals surface area contributed by atoms with E-state index < -0.39 is 0 Å². The van der Waals surface area contributed by atoms with Gasteiger partial charge in [-0.2, -0.15) is 0 Å². The average molecular weight is 324 g/mol. The second kappa shape index (κ2) is 6.46. The summed E-state index contributed by atoms with van der Waals surface area (Å²) in [4.78, 5) is 9.16. The molecule has 118 valence electrons. The van der Waals surface area contributed by atoms with Gasteiger partial charge in [-0.15, -0.1) is 0 Å². The van der Waals surface area contributed by atoms with E-state index in [1.165, 1.54) is 11.1 Å². The third-order valence-electron chi connectivity index (χ3n) is 3.89. The second-order valence-corrected chi connectivity index (χ2v) is 6.08. The second-order valence-electron chi connectivity index (χ2n) is 5.47. The molecule has 0 aliphatic heterocycles. The number of aromatic nitrogens is 2. The first-order chi connectivity index (χ1) is 11.1. The molecule has 0 spiro atoms. The number of nitrogens with one attached hydrogen (secondary N) is 2. The van der Waals surface area contributed by atoms with Gasteiger partial charge in [-0.1, -0.05) is 18.0 Å². The van der Waals surface area contributed by atoms with Crippen molar-refractivity contribution in [2.75, 3.05) is 23.3 Å². The lowest BCUT2D eigenvalue weighted by molar-refractivity contribution is 1.23. The van der Waals surface area contributed by atoms with Gasteiger partial charge in [0.2, 0.25) is 0 Å². The molecule has 2 aromatic heterocycles. The molecule has 4 nitrogen and oxygen atoms in total. The fourth-order valence-corrected chi connectivity index (χ4v) is 3.03. The number of anilines is 2. The highest BCUT2D eigenvalue weighted by molar-refractivity contribution is 7.99. The van der Waals surface area contributed by atoms with Crippen molar-refractivity contribution in [3.05, 3.63) is 47.8 Å². The number of aryl methyl sites for hydroxylation is 2. The van der Waals surface area contributed by atoms with Gasteiger partial charge < -0.3 is 10.0 Å². The monoisotopic (exact) mass is 324 g/mol. The summed E-state index contributed by atoms with van der Waals surface area (Å²) in [6, 6.07) is 10.6. The smallest absolute Gasteiger partial charge is 0.127 e. The molecule has 2 heterocycles. The largest absolute Gasteiger partial charge is 0.373 e. The van der Waals surface area contributed by atoms with Gasteiger partial charge in [0, 0.05) is 47.9 Å². The molecule has 0 fully saturated rings. The number of hydrogen-bond donors (Lipinski definition) is 2. The van der Waals surface area contributed by atoms with E-state index >= 15 is 0 Å². The van der Waals surface area contributed by atoms with Gasteiger partial charge in [-0.25, -0.2) is 4.98 Å². The first kappa shape index (κ1) is 15.6. The van der Waals surface area contributed by atoms with Crippen LogP contribution in [0.3, 0.4) is 0 Å². The predicted molar refractivity (Wildman–Crippen MR) is 101 cm³/mol. The first-order valence-corrected chi connectivity index (χ1v) is 8.70. The highest BCUT2D eigenvalue weighted by Crippen LogP contribution is 2.31. The quantitative estimate of drug-likeness (QED) is 0.684. The van der Waals surface area contributed by atoms with Gasteiger partial charge in [-0.3, -0.25) is 4.98 Å². The maximum absolute atomic E-state index is 4.77. The van der Waals surface area contributed by atoms with Gasteiger partial charge >= 0.3 is 0 Å². The van der Waals surface area contributed by atoms with Gasteiger partial charge in [0.05, 0.1) is 5.52 Å². The molecule has 0 amide bonds. The average Bonchev–Trinajstić information content (AvgIpc) is 2.56. The van der Waals surface area contributed by atoms with Gasteiger partial charge in [-0.05, 0) is 43.2 Å². The Morgan fingerprint density at radius 1 is 1.04 bits per heavy atom. The van der Waals surface area contributed by atoms with E-state index in [0.29, 0.717) is 0 Å². The Hall–Kier alpha value is -2.27. The molecule has 3 aromatic rings. The van der Waals surface area contributed by atoms with Crippen molar-refractivity contribution in [2.45, 2.75) is 13.8 Å². The van der Waals surface area contributed by atoms with Crippen LogP contribution in [-0.2, 0) is 0 Å². The Morgan fingerprint density at radius 3 is 2.61 bits per heavy atom. The molecule has 0 aliphatic rings. The van der Waals surface area contributed by atoms with Crippen LogP contribution < -0.4 is 10.0 Å². The van der Waals surface area contributed by atoms with Crippen molar-refractivity contribution in [3.63, 3.8) is 0 Å². The summed E-state index contributed by atoms with van der Waals surface area (Å²) in [5.41, 5.74) is 6.67. The number of nitrogens with zero attached hydrogens (tertiary/aromatic N) is 2. The summed E-state index contributed by atoms with van der Waals surface area (Å²) >= 11 is 1.59. The van der Waals surface area contributed by atoms with Crippen LogP contribution in [0.25, 0.3) is 22.0 Å². The number of rotatable bonds is 4. The van der Waals surface area contributed by atoms with Crippen LogP contribution in [0.1, 0.15) is 11.3 Å². The van der Waals surface area contributed by atoms with Crippen molar-refractivity contribution in [2.24, 2.45) is 0 Å². The Morgan fingerprint density at radius 2 is 1.87 bits per heavy atom. The SMILES string of the molecule is CNc1cc2nc(C)c(-c3cc(NSC)ccc3C)cc2cn1. The fraction of sp³-hybridized carbons (Fsp3) is 0.222. The zero-order valence-corrected chi connectivity index (χ0v) is 14.6. The van der Waals surface area contributed by atoms with Crippen LogP contribution in [0.2, 0.25) is 0 Å². The standard InChI is InChI=1S/C18H20N4S/c1-11-5-6-14(22-23-4)8-15(11)16-7-13-10-20-18(19-3)9-17(13)21-12(16)2/h5-10,22H,1-4H3,(H,19,20). The van der Waals surface area contributed by atoms with Crippen LogP contribution in [0.4, 0.5) is 11.5 Å². The number of hydrogen-bond acceptors (Lipinski definition) is 5. The summed E-state index contributed by atoms with van der Waals surface area (Å²) in [5, 5.41) is 4.10. The molecule has 1 aromatic carbocycles. The minimum Gasteiger partial charge on any atom is -0.373 e. The van der Waals surface area contributed by atoms with E-state index in [-0.39, 0.29) is 0 Å². The lowest BCUT2D eigenvalue weighted by Gasteiger charge is -2.13. The van der Waals surface area contributed by atoms with Gasteiger partial charge in [0.1, 0.15) is 5.82 Å². The predicted octanol–water partition coefficient (Wildman–Crippen LogP) is 4.65. The normalized spacial score (nSPS) is 10.8. The van der Waals surface area contributed by atoms with E-state index in [1.807, 2.05) is 25.6 Å². The molecule has 23 heavy (non-hydrogen) atoms. The minimum absolute atomic E-state index is 0.833. The van der Waals surface area contributed by atoms with Crippen molar-refractivity contribution in [3.8, 4) is 11.1 Å². The molecule has 0 atom stereocenters. The molecule has 2 N–H and O–H groups in total. The van der Waals surface area contributed by atoms with E-state index in [1.54, 1.807) is 11.9 Å². The van der Waals surface area contributed by atoms with Gasteiger partial charge in [0.15, 0.2) is 0 Å². The molecule has 0 saturated carbocycles. The highest BCUT2D eigenvalue weighted by atomic mass is 32.2. The third-order valence-corrected chi connectivity index (χ3v) is 4.33. The maximum Gasteiger partial charge on any atom is 0.127 e. The molecule has 0 bridgehead atoms. The van der Waals surface area contributed by atoms with Crippen LogP contribution in [0, 0.1) is 13.8 Å². The minimum atomic E-state index is 0.833. The first-order valence-electron chi connectivity index (χ1n) is 7.47. The number of pyridine rings is 2. The van der Waals surface area contributed by atoms with Gasteiger partial charge in [0.25, 0.3) is 0 Å². The fourth-order valence-electron chi connectivity index (χ4n) is 2.67. The topological polar surface area (TPSA) is 49.8 Å². The number of benzene rings is 1. The molecule has 3 rings (SSSR count). The highest BCUT2D eigenvalue weighted by Gasteiger charge is 2.10. The van der Waals surface area contributed by atoms with Crippen molar-refractivity contribution >= 4 is 34.4 Å². The maximum atomic E-state index is 4.77. The molecule has 0 saturated heterocycles. The Labute approximate surface area is 140 Å². The molecule has 0 unspecified atom stereocenters. The Kier molecular flexibility index (Phi) is 4.39. The van der Waals surface area contributed by atoms with E-state index in [2.05, 4.69) is 53.1 Å². The van der Waals surface area contributed by atoms with Crippen molar-refractivity contribution in [1.82, 2.24) is 9.97 Å². The molecule has 0 radical (unpaired) electrons. The Balaban J connectivity index is 2.16. The zero-order chi connectivity index (χ0) is 16.4. The van der Waals surface area contributed by atoms with Crippen LogP contribution in [-0.4, -0.2) is 23.3 Å². The number of fused-ring (bicyclic) bond motifs is 1. The molecule has 0 aliphatic carbocycles. The van der Waals surface area contributed by atoms with Crippen LogP contribution in [0.5, 0.6) is 0 Å². The molecular weight excluding hydrogens is 304 g/mol. The van der Waals surface area contributed by atoms with E-state index in [9.17, 15) is 0 Å². The third kappa shape index (κ3) is 3.10. The van der Waals surface area contributed by atoms with Crippen molar-refractivity contribution in [1.29, 1.82) is 0 Å². The summed E-state index contributed by atoms with van der Waals surface area (Å²) in [7, 11) is 1.86. The molecular formula is C18H20N4S. The summed E-state index contributed by atoms with van der Waals surface area (Å²) in [6.07, 6.45) is 3.89. The zero-order valence-electron chi connectivity index (χ0n) is 13.8. The molecule has 5 heteroatoms. The van der Waals surface area contributed by atoms with Crippen LogP contribution >= 0.6 is 11.9 Å². The Bertz CT molecular complexity index is 861. The lowest BCUT2D eigenvalue weighted by Crippen LogP contribution is -1.96. The summed E-state index contributed by atoms with van der Waals surface area (Å²) in [5.74, 6) is 0.833. The van der Waals surface area contributed by atoms with E-state index in [4.69, 9.17) is 4.98 Å². The van der Waals surface area contributed by atoms with Crippen LogP contribution in [0.15, 0.2) is 36.5 Å². The lowest BCUT2D eigenvalue weighted by atomic mass is 9.97. The van der Waals surface area contributed by atoms with Crippen molar-refractivity contribution < 1.29 is 0 Å². The van der Waals surface area contributed by atoms with E-state index in [0.717, 1.165) is 33.7 Å². The summed E-state index contributed by atoms with van der Waals surface area (Å²) in [6.45, 7) is 4.19.